The van der Waals surface area contributed by atoms with Crippen molar-refractivity contribution in [1.82, 2.24) is 20.9 Å². The second-order valence-electron chi connectivity index (χ2n) is 3.88. The summed E-state index contributed by atoms with van der Waals surface area (Å²) in [6.07, 6.45) is 5.97. The highest BCUT2D eigenvalue weighted by Crippen LogP contribution is 2.28. The summed E-state index contributed by atoms with van der Waals surface area (Å²) in [7, 11) is 0. The molecule has 0 amide bonds. The molecule has 2 aromatic rings. The molecule has 0 unspecified atom stereocenters. The number of halogens is 1. The number of nitrogens with zero attached hydrogens (tertiary/aromatic N) is 2. The Morgan fingerprint density at radius 2 is 2.33 bits per heavy atom. The van der Waals surface area contributed by atoms with Gasteiger partial charge in [0, 0.05) is 24.2 Å². The molecule has 0 bridgehead atoms. The first-order chi connectivity index (χ1) is 8.68. The fourth-order valence-electron chi connectivity index (χ4n) is 1.93. The number of hydrazine groups is 2. The maximum absolute atomic E-state index is 13.8. The third kappa shape index (κ3) is 1.45. The highest BCUT2D eigenvalue weighted by atomic mass is 19.1. The highest BCUT2D eigenvalue weighted by Gasteiger charge is 2.19. The molecule has 0 aliphatic carbocycles. The van der Waals surface area contributed by atoms with Crippen LogP contribution in [0.5, 0.6) is 0 Å². The first-order valence-corrected chi connectivity index (χ1v) is 5.32. The molecular weight excluding hydrogens is 237 g/mol. The summed E-state index contributed by atoms with van der Waals surface area (Å²) in [5, 5.41) is 1.84. The van der Waals surface area contributed by atoms with Crippen molar-refractivity contribution in [3.63, 3.8) is 0 Å². The minimum absolute atomic E-state index is 0.194. The van der Waals surface area contributed by atoms with E-state index in [0.717, 1.165) is 6.20 Å². The van der Waals surface area contributed by atoms with Crippen LogP contribution in [0.2, 0.25) is 0 Å². The number of hydrogen-bond donors (Lipinski definition) is 3. The molecule has 92 valence electrons. The van der Waals surface area contributed by atoms with E-state index < -0.39 is 5.82 Å². The lowest BCUT2D eigenvalue weighted by molar-refractivity contribution is 0.101. The zero-order valence-corrected chi connectivity index (χ0v) is 9.49. The van der Waals surface area contributed by atoms with Crippen LogP contribution < -0.4 is 16.0 Å². The molecule has 0 saturated heterocycles. The number of carbonyl (C=O) groups excluding carboxylic acids is 1. The summed E-state index contributed by atoms with van der Waals surface area (Å²) in [6.45, 7) is 1.40. The second-order valence-corrected chi connectivity index (χ2v) is 3.88. The number of anilines is 1. The molecule has 0 radical (unpaired) electrons. The lowest BCUT2D eigenvalue weighted by atomic mass is 10.1. The van der Waals surface area contributed by atoms with E-state index >= 15 is 0 Å². The number of ketones is 1. The quantitative estimate of drug-likeness (QED) is 0.695. The number of aromatic nitrogens is 2. The Hall–Kier alpha value is -2.41. The van der Waals surface area contributed by atoms with E-state index in [1.165, 1.54) is 13.1 Å². The van der Waals surface area contributed by atoms with Crippen molar-refractivity contribution in [2.24, 2.45) is 0 Å². The molecule has 6 nitrogen and oxygen atoms in total. The average molecular weight is 247 g/mol. The number of aromatic amines is 1. The van der Waals surface area contributed by atoms with Crippen molar-refractivity contribution in [2.45, 2.75) is 6.92 Å². The topological polar surface area (TPSA) is 73.1 Å². The predicted octanol–water partition coefficient (Wildman–Crippen LogP) is 1.20. The molecule has 3 heterocycles. The third-order valence-electron chi connectivity index (χ3n) is 2.74. The molecule has 1 aliphatic rings. The fraction of sp³-hybridized carbons (Fsp3) is 0.0909. The first-order valence-electron chi connectivity index (χ1n) is 5.32. The summed E-state index contributed by atoms with van der Waals surface area (Å²) >= 11 is 0. The van der Waals surface area contributed by atoms with Gasteiger partial charge in [0.25, 0.3) is 0 Å². The summed E-state index contributed by atoms with van der Waals surface area (Å²) in [5.41, 5.74) is 6.36. The van der Waals surface area contributed by atoms with E-state index in [1.54, 1.807) is 17.4 Å². The molecule has 3 rings (SSSR count). The van der Waals surface area contributed by atoms with Gasteiger partial charge < -0.3 is 10.4 Å². The molecule has 3 N–H and O–H groups in total. The van der Waals surface area contributed by atoms with Gasteiger partial charge in [-0.25, -0.2) is 14.4 Å². The van der Waals surface area contributed by atoms with Gasteiger partial charge in [-0.2, -0.15) is 0 Å². The van der Waals surface area contributed by atoms with Gasteiger partial charge in [0.05, 0.1) is 17.1 Å². The molecule has 0 spiro atoms. The molecule has 0 aromatic carbocycles. The van der Waals surface area contributed by atoms with E-state index in [-0.39, 0.29) is 11.2 Å². The molecule has 2 aromatic heterocycles. The Morgan fingerprint density at radius 3 is 3.00 bits per heavy atom. The largest absolute Gasteiger partial charge is 0.357 e. The van der Waals surface area contributed by atoms with Crippen LogP contribution >= 0.6 is 0 Å². The number of pyridine rings is 1. The van der Waals surface area contributed by atoms with Crippen molar-refractivity contribution in [3.8, 4) is 0 Å². The van der Waals surface area contributed by atoms with Crippen molar-refractivity contribution in [1.29, 1.82) is 0 Å². The molecule has 0 saturated carbocycles. The van der Waals surface area contributed by atoms with E-state index in [4.69, 9.17) is 0 Å². The van der Waals surface area contributed by atoms with Crippen LogP contribution in [0.1, 0.15) is 17.3 Å². The van der Waals surface area contributed by atoms with Gasteiger partial charge in [0.1, 0.15) is 0 Å². The van der Waals surface area contributed by atoms with Crippen LogP contribution in [-0.2, 0) is 0 Å². The number of nitrogens with one attached hydrogen (secondary N) is 3. The number of Topliss-reactive ketones (excluding diaryl/α,β-unsaturated/α-hetero) is 1. The molecular formula is C11H10FN5O. The van der Waals surface area contributed by atoms with Gasteiger partial charge >= 0.3 is 0 Å². The average Bonchev–Trinajstić information content (AvgIpc) is 2.98. The third-order valence-corrected chi connectivity index (χ3v) is 2.74. The van der Waals surface area contributed by atoms with Crippen LogP contribution in [-0.4, -0.2) is 15.8 Å². The van der Waals surface area contributed by atoms with Gasteiger partial charge in [-0.1, -0.05) is 0 Å². The van der Waals surface area contributed by atoms with Crippen molar-refractivity contribution >= 4 is 22.5 Å². The Bertz CT molecular complexity index is 663. The van der Waals surface area contributed by atoms with Gasteiger partial charge in [-0.15, -0.1) is 5.53 Å². The predicted molar refractivity (Wildman–Crippen MR) is 63.9 cm³/mol. The zero-order valence-electron chi connectivity index (χ0n) is 9.49. The zero-order chi connectivity index (χ0) is 12.7. The van der Waals surface area contributed by atoms with E-state index in [0.29, 0.717) is 16.9 Å². The SMILES string of the molecule is CC(=O)c1c[nH]c2c(N3C=CNN3)ncc(F)c12. The second kappa shape index (κ2) is 3.81. The first kappa shape index (κ1) is 10.7. The Labute approximate surface area is 101 Å². The maximum atomic E-state index is 13.8. The van der Waals surface area contributed by atoms with E-state index in [2.05, 4.69) is 20.9 Å². The monoisotopic (exact) mass is 247 g/mol. The van der Waals surface area contributed by atoms with Crippen LogP contribution in [0.25, 0.3) is 10.9 Å². The highest BCUT2D eigenvalue weighted by molar-refractivity contribution is 6.09. The number of H-pyrrole nitrogens is 1. The normalized spacial score (nSPS) is 14.2. The van der Waals surface area contributed by atoms with Crippen LogP contribution in [0.3, 0.4) is 0 Å². The Kier molecular flexibility index (Phi) is 2.27. The number of hydrogen-bond acceptors (Lipinski definition) is 5. The summed E-state index contributed by atoms with van der Waals surface area (Å²) < 4.78 is 13.8. The minimum Gasteiger partial charge on any atom is -0.357 e. The molecule has 0 atom stereocenters. The molecule has 7 heteroatoms. The van der Waals surface area contributed by atoms with Gasteiger partial charge in [-0.3, -0.25) is 4.79 Å². The van der Waals surface area contributed by atoms with Gasteiger partial charge in [0.15, 0.2) is 17.4 Å². The number of rotatable bonds is 2. The lowest BCUT2D eigenvalue weighted by Gasteiger charge is -2.15. The molecule has 0 fully saturated rings. The van der Waals surface area contributed by atoms with Gasteiger partial charge in [0.2, 0.25) is 0 Å². The maximum Gasteiger partial charge on any atom is 0.173 e. The van der Waals surface area contributed by atoms with Crippen molar-refractivity contribution in [2.75, 3.05) is 5.01 Å². The fourth-order valence-corrected chi connectivity index (χ4v) is 1.93. The minimum atomic E-state index is -0.517. The number of fused-ring (bicyclic) bond motifs is 1. The standard InChI is InChI=1S/C11H10FN5O/c1-6(18)7-4-13-10-9(7)8(12)5-14-11(10)17-3-2-15-16-17/h2-5,13,15-16H,1H3. The smallest absolute Gasteiger partial charge is 0.173 e. The van der Waals surface area contributed by atoms with E-state index in [1.807, 2.05) is 0 Å². The van der Waals surface area contributed by atoms with Crippen LogP contribution in [0.15, 0.2) is 24.8 Å². The van der Waals surface area contributed by atoms with Crippen LogP contribution in [0.4, 0.5) is 10.2 Å². The number of carbonyl (C=O) groups is 1. The Morgan fingerprint density at radius 1 is 1.50 bits per heavy atom. The summed E-state index contributed by atoms with van der Waals surface area (Å²) in [6, 6.07) is 0. The van der Waals surface area contributed by atoms with E-state index in [9.17, 15) is 9.18 Å². The lowest BCUT2D eigenvalue weighted by Crippen LogP contribution is -2.36. The van der Waals surface area contributed by atoms with Gasteiger partial charge in [-0.05, 0) is 6.92 Å². The molecule has 18 heavy (non-hydrogen) atoms. The Balaban J connectivity index is 2.26. The summed E-state index contributed by atoms with van der Waals surface area (Å²) in [5.74, 6) is -0.225. The van der Waals surface area contributed by atoms with Crippen LogP contribution in [0, 0.1) is 5.82 Å². The van der Waals surface area contributed by atoms with Crippen molar-refractivity contribution in [3.05, 3.63) is 36.2 Å². The summed E-state index contributed by atoms with van der Waals surface area (Å²) in [4.78, 5) is 18.3. The molecule has 1 aliphatic heterocycles. The van der Waals surface area contributed by atoms with Crippen molar-refractivity contribution < 1.29 is 9.18 Å².